The van der Waals surface area contributed by atoms with Crippen molar-refractivity contribution < 1.29 is 28.6 Å². The summed E-state index contributed by atoms with van der Waals surface area (Å²) in [6, 6.07) is 0. The van der Waals surface area contributed by atoms with Crippen LogP contribution in [0.2, 0.25) is 0 Å². The molecular formula is C59H102O6. The Balaban J connectivity index is 4.23. The molecule has 0 aromatic carbocycles. The van der Waals surface area contributed by atoms with Crippen molar-refractivity contribution in [2.45, 2.75) is 271 Å². The first-order valence-corrected chi connectivity index (χ1v) is 27.4. The summed E-state index contributed by atoms with van der Waals surface area (Å²) in [4.78, 5) is 37.9. The maximum atomic E-state index is 12.8. The minimum Gasteiger partial charge on any atom is -0.462 e. The molecule has 0 amide bonds. The number of allylic oxidation sites excluding steroid dienone is 12. The minimum absolute atomic E-state index is 0.0853. The van der Waals surface area contributed by atoms with Gasteiger partial charge < -0.3 is 14.2 Å². The summed E-state index contributed by atoms with van der Waals surface area (Å²) in [7, 11) is 0. The van der Waals surface area contributed by atoms with Gasteiger partial charge in [-0.15, -0.1) is 0 Å². The van der Waals surface area contributed by atoms with E-state index in [1.165, 1.54) is 122 Å². The highest BCUT2D eigenvalue weighted by Gasteiger charge is 2.19. The zero-order valence-corrected chi connectivity index (χ0v) is 42.7. The first-order chi connectivity index (χ1) is 32.0. The van der Waals surface area contributed by atoms with Crippen LogP contribution in [-0.4, -0.2) is 37.2 Å². The number of hydrogen-bond donors (Lipinski definition) is 0. The van der Waals surface area contributed by atoms with Crippen LogP contribution >= 0.6 is 0 Å². The molecule has 6 heteroatoms. The first-order valence-electron chi connectivity index (χ1n) is 27.4. The van der Waals surface area contributed by atoms with Crippen LogP contribution in [0.5, 0.6) is 0 Å². The molecule has 1 atom stereocenters. The smallest absolute Gasteiger partial charge is 0.306 e. The molecule has 0 aromatic rings. The third-order valence-electron chi connectivity index (χ3n) is 11.7. The Hall–Kier alpha value is -3.15. The van der Waals surface area contributed by atoms with E-state index in [4.69, 9.17) is 14.2 Å². The van der Waals surface area contributed by atoms with Gasteiger partial charge in [0.15, 0.2) is 6.10 Å². The van der Waals surface area contributed by atoms with Gasteiger partial charge in [0.1, 0.15) is 13.2 Å². The minimum atomic E-state index is -0.786. The summed E-state index contributed by atoms with van der Waals surface area (Å²) in [5.41, 5.74) is 0. The largest absolute Gasteiger partial charge is 0.462 e. The molecule has 374 valence electrons. The van der Waals surface area contributed by atoms with Crippen LogP contribution < -0.4 is 0 Å². The number of ether oxygens (including phenoxy) is 3. The van der Waals surface area contributed by atoms with E-state index in [0.29, 0.717) is 19.3 Å². The Labute approximate surface area is 402 Å². The van der Waals surface area contributed by atoms with E-state index in [9.17, 15) is 14.4 Å². The molecule has 0 radical (unpaired) electrons. The zero-order chi connectivity index (χ0) is 47.2. The van der Waals surface area contributed by atoms with Gasteiger partial charge in [0.25, 0.3) is 0 Å². The van der Waals surface area contributed by atoms with Gasteiger partial charge in [0, 0.05) is 19.3 Å². The van der Waals surface area contributed by atoms with Gasteiger partial charge >= 0.3 is 17.9 Å². The van der Waals surface area contributed by atoms with Crippen LogP contribution in [0.4, 0.5) is 0 Å². The molecule has 0 heterocycles. The topological polar surface area (TPSA) is 78.9 Å². The molecule has 0 rings (SSSR count). The Bertz CT molecular complexity index is 1230. The molecule has 0 fully saturated rings. The number of esters is 3. The van der Waals surface area contributed by atoms with Gasteiger partial charge in [-0.25, -0.2) is 0 Å². The molecule has 0 spiro atoms. The first kappa shape index (κ1) is 61.9. The molecular weight excluding hydrogens is 805 g/mol. The van der Waals surface area contributed by atoms with E-state index in [1.807, 2.05) is 0 Å². The van der Waals surface area contributed by atoms with Gasteiger partial charge in [-0.1, -0.05) is 229 Å². The monoisotopic (exact) mass is 907 g/mol. The molecule has 0 bridgehead atoms. The predicted molar refractivity (Wildman–Crippen MR) is 279 cm³/mol. The summed E-state index contributed by atoms with van der Waals surface area (Å²) in [5.74, 6) is -0.914. The second-order valence-electron chi connectivity index (χ2n) is 18.1. The van der Waals surface area contributed by atoms with Crippen LogP contribution in [0.3, 0.4) is 0 Å². The number of hydrogen-bond acceptors (Lipinski definition) is 6. The van der Waals surface area contributed by atoms with E-state index in [2.05, 4.69) is 93.7 Å². The summed E-state index contributed by atoms with van der Waals surface area (Å²) >= 11 is 0. The van der Waals surface area contributed by atoms with E-state index >= 15 is 0 Å². The fourth-order valence-electron chi connectivity index (χ4n) is 7.58. The van der Waals surface area contributed by atoms with Crippen molar-refractivity contribution in [3.8, 4) is 0 Å². The van der Waals surface area contributed by atoms with Crippen molar-refractivity contribution in [3.05, 3.63) is 72.9 Å². The van der Waals surface area contributed by atoms with E-state index in [1.54, 1.807) is 0 Å². The van der Waals surface area contributed by atoms with Gasteiger partial charge in [-0.3, -0.25) is 14.4 Å². The lowest BCUT2D eigenvalue weighted by molar-refractivity contribution is -0.167. The molecule has 6 nitrogen and oxygen atoms in total. The van der Waals surface area contributed by atoms with Gasteiger partial charge in [-0.2, -0.15) is 0 Å². The highest BCUT2D eigenvalue weighted by Crippen LogP contribution is 2.15. The molecule has 0 aromatic heterocycles. The van der Waals surface area contributed by atoms with E-state index in [0.717, 1.165) is 103 Å². The second kappa shape index (κ2) is 53.5. The van der Waals surface area contributed by atoms with Crippen molar-refractivity contribution in [3.63, 3.8) is 0 Å². The van der Waals surface area contributed by atoms with Gasteiger partial charge in [0.05, 0.1) is 0 Å². The van der Waals surface area contributed by atoms with Gasteiger partial charge in [-0.05, 0) is 89.9 Å². The Morgan fingerprint density at radius 3 is 0.938 bits per heavy atom. The van der Waals surface area contributed by atoms with Crippen molar-refractivity contribution in [1.82, 2.24) is 0 Å². The molecule has 0 saturated heterocycles. The summed E-state index contributed by atoms with van der Waals surface area (Å²) < 4.78 is 16.7. The number of carbonyl (C=O) groups excluding carboxylic acids is 3. The van der Waals surface area contributed by atoms with E-state index in [-0.39, 0.29) is 31.1 Å². The molecule has 65 heavy (non-hydrogen) atoms. The highest BCUT2D eigenvalue weighted by atomic mass is 16.6. The van der Waals surface area contributed by atoms with Gasteiger partial charge in [0.2, 0.25) is 0 Å². The third kappa shape index (κ3) is 51.7. The lowest BCUT2D eigenvalue weighted by Gasteiger charge is -2.18. The Kier molecular flexibility index (Phi) is 50.9. The average molecular weight is 907 g/mol. The van der Waals surface area contributed by atoms with Crippen LogP contribution in [-0.2, 0) is 28.6 Å². The molecule has 0 aliphatic carbocycles. The number of carbonyl (C=O) groups is 3. The molecule has 0 aliphatic rings. The number of rotatable bonds is 49. The van der Waals surface area contributed by atoms with Crippen LogP contribution in [0.1, 0.15) is 265 Å². The molecule has 0 aliphatic heterocycles. The summed E-state index contributed by atoms with van der Waals surface area (Å²) in [6.07, 6.45) is 67.7. The van der Waals surface area contributed by atoms with E-state index < -0.39 is 6.10 Å². The Morgan fingerprint density at radius 1 is 0.323 bits per heavy atom. The summed E-state index contributed by atoms with van der Waals surface area (Å²) in [5, 5.41) is 0. The van der Waals surface area contributed by atoms with Crippen molar-refractivity contribution >= 4 is 17.9 Å². The third-order valence-corrected chi connectivity index (χ3v) is 11.7. The lowest BCUT2D eigenvalue weighted by Crippen LogP contribution is -2.30. The SMILES string of the molecule is CC/C=C\C/C=C\C/C=C\C/C=C\CCCCCCC(=O)OC(COC(=O)CCCCCCCCC)COC(=O)CCCCCCCCCCCCC/C=C\C/C=C\CCCCCCC. The highest BCUT2D eigenvalue weighted by molar-refractivity contribution is 5.71. The van der Waals surface area contributed by atoms with Crippen molar-refractivity contribution in [2.24, 2.45) is 0 Å². The normalized spacial score (nSPS) is 12.6. The molecule has 0 N–H and O–H groups in total. The lowest BCUT2D eigenvalue weighted by atomic mass is 10.0. The summed E-state index contributed by atoms with van der Waals surface area (Å²) in [6.45, 7) is 6.46. The zero-order valence-electron chi connectivity index (χ0n) is 42.7. The van der Waals surface area contributed by atoms with Crippen molar-refractivity contribution in [2.75, 3.05) is 13.2 Å². The van der Waals surface area contributed by atoms with Crippen LogP contribution in [0, 0.1) is 0 Å². The maximum Gasteiger partial charge on any atom is 0.306 e. The van der Waals surface area contributed by atoms with Crippen molar-refractivity contribution in [1.29, 1.82) is 0 Å². The number of unbranched alkanes of at least 4 members (excludes halogenated alkanes) is 26. The van der Waals surface area contributed by atoms with Crippen LogP contribution in [0.15, 0.2) is 72.9 Å². The molecule has 0 saturated carbocycles. The van der Waals surface area contributed by atoms with Crippen LogP contribution in [0.25, 0.3) is 0 Å². The predicted octanol–water partition coefficient (Wildman–Crippen LogP) is 18.2. The quantitative estimate of drug-likeness (QED) is 0.0262. The Morgan fingerprint density at radius 2 is 0.600 bits per heavy atom. The average Bonchev–Trinajstić information content (AvgIpc) is 3.30. The fourth-order valence-corrected chi connectivity index (χ4v) is 7.58. The fraction of sp³-hybridized carbons (Fsp3) is 0.746. The second-order valence-corrected chi connectivity index (χ2v) is 18.1. The molecule has 1 unspecified atom stereocenters. The standard InChI is InChI=1S/C59H102O6/c1-4-7-10-13-16-18-20-22-24-26-27-28-29-30-31-33-34-36-38-40-43-46-49-52-58(61)64-55-56(54-63-57(60)51-48-45-42-15-12-9-6-3)65-59(62)53-50-47-44-41-39-37-35-32-25-23-21-19-17-14-11-8-5-2/h8,11,17,19-20,22-23,25-27,35,37,56H,4-7,9-10,12-16,18,21,24,28-34,36,38-55H2,1-3H3/b11-8-,19-17-,22-20-,25-23-,27-26-,37-35-. The maximum absolute atomic E-state index is 12.8.